The summed E-state index contributed by atoms with van der Waals surface area (Å²) in [6.45, 7) is 6.18. The summed E-state index contributed by atoms with van der Waals surface area (Å²) in [5.74, 6) is 1.55. The number of alkyl halides is 1. The van der Waals surface area contributed by atoms with Crippen molar-refractivity contribution in [3.63, 3.8) is 0 Å². The molecule has 1 fully saturated rings. The number of carbonyl (C=O) groups excluding carboxylic acids is 1. The average Bonchev–Trinajstić information content (AvgIpc) is 2.17. The van der Waals surface area contributed by atoms with Gasteiger partial charge in [0.2, 0.25) is 5.91 Å². The number of amides is 1. The molecule has 0 saturated carbocycles. The molecule has 1 aliphatic heterocycles. The van der Waals surface area contributed by atoms with Crippen LogP contribution in [0.1, 0.15) is 39.5 Å². The maximum Gasteiger partial charge on any atom is 0.222 e. The summed E-state index contributed by atoms with van der Waals surface area (Å²) in [4.78, 5) is 13.9. The molecule has 0 spiro atoms. The third-order valence-electron chi connectivity index (χ3n) is 2.97. The van der Waals surface area contributed by atoms with Crippen LogP contribution in [0.25, 0.3) is 0 Å². The van der Waals surface area contributed by atoms with Crippen molar-refractivity contribution in [3.05, 3.63) is 0 Å². The molecule has 1 amide bonds. The first-order valence-corrected chi connectivity index (χ1v) is 7.09. The standard InChI is InChI=1S/C12H22BrNO/c1-10(2)8-12(15)14-7-3-4-11(9-14)5-6-13/h10-11H,3-9H2,1-2H3. The fraction of sp³-hybridized carbons (Fsp3) is 0.917. The summed E-state index contributed by atoms with van der Waals surface area (Å²) in [5, 5.41) is 1.06. The van der Waals surface area contributed by atoms with Gasteiger partial charge in [0, 0.05) is 24.8 Å². The summed E-state index contributed by atoms with van der Waals surface area (Å²) < 4.78 is 0. The van der Waals surface area contributed by atoms with Crippen molar-refractivity contribution >= 4 is 21.8 Å². The van der Waals surface area contributed by atoms with E-state index in [9.17, 15) is 4.79 Å². The number of hydrogen-bond acceptors (Lipinski definition) is 1. The molecule has 1 unspecified atom stereocenters. The Hall–Kier alpha value is -0.0500. The molecule has 3 heteroatoms. The molecule has 1 rings (SSSR count). The van der Waals surface area contributed by atoms with Crippen molar-refractivity contribution in [1.29, 1.82) is 0 Å². The number of likely N-dealkylation sites (tertiary alicyclic amines) is 1. The first kappa shape index (κ1) is 13.0. The largest absolute Gasteiger partial charge is 0.342 e. The van der Waals surface area contributed by atoms with E-state index in [2.05, 4.69) is 34.7 Å². The summed E-state index contributed by atoms with van der Waals surface area (Å²) in [6.07, 6.45) is 4.38. The van der Waals surface area contributed by atoms with Crippen molar-refractivity contribution in [2.24, 2.45) is 11.8 Å². The van der Waals surface area contributed by atoms with Gasteiger partial charge in [0.25, 0.3) is 0 Å². The molecule has 1 aliphatic rings. The van der Waals surface area contributed by atoms with Crippen LogP contribution in [-0.4, -0.2) is 29.2 Å². The fourth-order valence-electron chi connectivity index (χ4n) is 2.16. The molecule has 0 aromatic heterocycles. The van der Waals surface area contributed by atoms with E-state index in [4.69, 9.17) is 0 Å². The predicted octanol–water partition coefficient (Wildman–Crippen LogP) is 3.06. The van der Waals surface area contributed by atoms with Gasteiger partial charge >= 0.3 is 0 Å². The number of piperidine rings is 1. The van der Waals surface area contributed by atoms with Crippen LogP contribution in [0.15, 0.2) is 0 Å². The van der Waals surface area contributed by atoms with Gasteiger partial charge in [0.05, 0.1) is 0 Å². The number of rotatable bonds is 4. The van der Waals surface area contributed by atoms with Crippen LogP contribution in [0.4, 0.5) is 0 Å². The lowest BCUT2D eigenvalue weighted by atomic mass is 9.95. The van der Waals surface area contributed by atoms with Crippen molar-refractivity contribution in [1.82, 2.24) is 4.90 Å². The second kappa shape index (κ2) is 6.51. The second-order valence-corrected chi connectivity index (χ2v) is 5.72. The van der Waals surface area contributed by atoms with E-state index in [0.29, 0.717) is 24.2 Å². The maximum absolute atomic E-state index is 11.9. The van der Waals surface area contributed by atoms with Crippen LogP contribution in [0.2, 0.25) is 0 Å². The average molecular weight is 276 g/mol. The molecular formula is C12H22BrNO. The van der Waals surface area contributed by atoms with E-state index in [0.717, 1.165) is 18.4 Å². The first-order valence-electron chi connectivity index (χ1n) is 5.97. The summed E-state index contributed by atoms with van der Waals surface area (Å²) in [5.41, 5.74) is 0. The number of nitrogens with zero attached hydrogens (tertiary/aromatic N) is 1. The van der Waals surface area contributed by atoms with Crippen LogP contribution in [0.3, 0.4) is 0 Å². The van der Waals surface area contributed by atoms with Gasteiger partial charge in [-0.2, -0.15) is 0 Å². The Morgan fingerprint density at radius 1 is 1.53 bits per heavy atom. The van der Waals surface area contributed by atoms with Crippen LogP contribution in [-0.2, 0) is 4.79 Å². The van der Waals surface area contributed by atoms with Gasteiger partial charge in [0.1, 0.15) is 0 Å². The van der Waals surface area contributed by atoms with Crippen molar-refractivity contribution < 1.29 is 4.79 Å². The minimum absolute atomic E-state index is 0.351. The molecule has 1 saturated heterocycles. The minimum atomic E-state index is 0.351. The van der Waals surface area contributed by atoms with Gasteiger partial charge in [0.15, 0.2) is 0 Å². The smallest absolute Gasteiger partial charge is 0.222 e. The Balaban J connectivity index is 2.38. The van der Waals surface area contributed by atoms with Crippen LogP contribution in [0.5, 0.6) is 0 Å². The van der Waals surface area contributed by atoms with Crippen LogP contribution in [0, 0.1) is 11.8 Å². The molecule has 0 radical (unpaired) electrons. The molecule has 1 heterocycles. The monoisotopic (exact) mass is 275 g/mol. The van der Waals surface area contributed by atoms with E-state index in [1.165, 1.54) is 19.3 Å². The highest BCUT2D eigenvalue weighted by Crippen LogP contribution is 2.21. The van der Waals surface area contributed by atoms with E-state index >= 15 is 0 Å². The second-order valence-electron chi connectivity index (χ2n) is 4.92. The van der Waals surface area contributed by atoms with E-state index in [1.807, 2.05) is 0 Å². The highest BCUT2D eigenvalue weighted by atomic mass is 79.9. The SMILES string of the molecule is CC(C)CC(=O)N1CCCC(CCBr)C1. The number of carbonyl (C=O) groups is 1. The molecule has 0 aliphatic carbocycles. The van der Waals surface area contributed by atoms with Crippen molar-refractivity contribution in [2.45, 2.75) is 39.5 Å². The van der Waals surface area contributed by atoms with Gasteiger partial charge < -0.3 is 4.90 Å². The summed E-state index contributed by atoms with van der Waals surface area (Å²) in [7, 11) is 0. The quantitative estimate of drug-likeness (QED) is 0.723. The Bertz CT molecular complexity index is 204. The number of halogens is 1. The Morgan fingerprint density at radius 2 is 2.27 bits per heavy atom. The molecular weight excluding hydrogens is 254 g/mol. The summed E-state index contributed by atoms with van der Waals surface area (Å²) >= 11 is 3.48. The first-order chi connectivity index (χ1) is 7.13. The minimum Gasteiger partial charge on any atom is -0.342 e. The highest BCUT2D eigenvalue weighted by molar-refractivity contribution is 9.09. The predicted molar refractivity (Wildman–Crippen MR) is 67.2 cm³/mol. The topological polar surface area (TPSA) is 20.3 Å². The Morgan fingerprint density at radius 3 is 2.87 bits per heavy atom. The normalized spacial score (nSPS) is 22.1. The molecule has 0 aromatic carbocycles. The molecule has 0 aromatic rings. The van der Waals surface area contributed by atoms with Gasteiger partial charge in [-0.1, -0.05) is 29.8 Å². The van der Waals surface area contributed by atoms with Gasteiger partial charge in [-0.15, -0.1) is 0 Å². The molecule has 1 atom stereocenters. The zero-order valence-electron chi connectivity index (χ0n) is 9.84. The number of hydrogen-bond donors (Lipinski definition) is 0. The van der Waals surface area contributed by atoms with Crippen LogP contribution < -0.4 is 0 Å². The Kier molecular flexibility index (Phi) is 5.65. The van der Waals surface area contributed by atoms with Crippen molar-refractivity contribution in [3.8, 4) is 0 Å². The molecule has 0 N–H and O–H groups in total. The van der Waals surface area contributed by atoms with Crippen LogP contribution >= 0.6 is 15.9 Å². The third-order valence-corrected chi connectivity index (χ3v) is 3.43. The highest BCUT2D eigenvalue weighted by Gasteiger charge is 2.23. The van der Waals surface area contributed by atoms with Gasteiger partial charge in [-0.3, -0.25) is 4.79 Å². The molecule has 88 valence electrons. The lowest BCUT2D eigenvalue weighted by molar-refractivity contribution is -0.133. The molecule has 15 heavy (non-hydrogen) atoms. The molecule has 0 bridgehead atoms. The van der Waals surface area contributed by atoms with E-state index < -0.39 is 0 Å². The van der Waals surface area contributed by atoms with Gasteiger partial charge in [-0.05, 0) is 31.1 Å². The summed E-state index contributed by atoms with van der Waals surface area (Å²) in [6, 6.07) is 0. The maximum atomic E-state index is 11.9. The zero-order chi connectivity index (χ0) is 11.3. The molecule has 2 nitrogen and oxygen atoms in total. The third kappa shape index (κ3) is 4.54. The van der Waals surface area contributed by atoms with E-state index in [1.54, 1.807) is 0 Å². The van der Waals surface area contributed by atoms with Crippen molar-refractivity contribution in [2.75, 3.05) is 18.4 Å². The Labute approximate surface area is 102 Å². The van der Waals surface area contributed by atoms with E-state index in [-0.39, 0.29) is 0 Å². The lowest BCUT2D eigenvalue weighted by Crippen LogP contribution is -2.40. The fourth-order valence-corrected chi connectivity index (χ4v) is 2.81. The lowest BCUT2D eigenvalue weighted by Gasteiger charge is -2.33. The zero-order valence-corrected chi connectivity index (χ0v) is 11.4. The van der Waals surface area contributed by atoms with Gasteiger partial charge in [-0.25, -0.2) is 0 Å².